The molecule has 1 saturated heterocycles. The van der Waals surface area contributed by atoms with E-state index in [4.69, 9.17) is 0 Å². The largest absolute Gasteiger partial charge is 0.354 e. The Morgan fingerprint density at radius 3 is 2.33 bits per heavy atom. The summed E-state index contributed by atoms with van der Waals surface area (Å²) < 4.78 is 24.5. The first kappa shape index (κ1) is 18.9. The molecule has 1 aliphatic heterocycles. The maximum Gasteiger partial charge on any atom is 0.223 e. The second kappa shape index (κ2) is 8.09. The van der Waals surface area contributed by atoms with Gasteiger partial charge in [0, 0.05) is 25.6 Å². The first-order valence-corrected chi connectivity index (χ1v) is 10.1. The van der Waals surface area contributed by atoms with Gasteiger partial charge in [0.25, 0.3) is 0 Å². The quantitative estimate of drug-likeness (QED) is 0.831. The van der Waals surface area contributed by atoms with E-state index in [0.29, 0.717) is 32.5 Å². The first-order valence-electron chi connectivity index (χ1n) is 8.23. The van der Waals surface area contributed by atoms with Gasteiger partial charge in [0.1, 0.15) is 0 Å². The molecule has 0 aromatic heterocycles. The summed E-state index contributed by atoms with van der Waals surface area (Å²) in [5.41, 5.74) is 1.16. The molecule has 1 atom stereocenters. The number of hydrogen-bond donors (Lipinski definition) is 1. The highest BCUT2D eigenvalue weighted by atomic mass is 32.2. The average Bonchev–Trinajstić information content (AvgIpc) is 2.55. The molecule has 134 valence electrons. The lowest BCUT2D eigenvalue weighted by molar-refractivity contribution is -0.126. The van der Waals surface area contributed by atoms with Crippen LogP contribution in [0.2, 0.25) is 0 Å². The Labute approximate surface area is 144 Å². The number of nitrogens with zero attached hydrogens (tertiary/aromatic N) is 2. The minimum absolute atomic E-state index is 0.0194. The summed E-state index contributed by atoms with van der Waals surface area (Å²) in [5, 5.41) is 3.04. The standard InChI is InChI=1S/C17H27N3O3S/c1-19(2)16(14-7-5-4-6-8-14)13-18-17(21)15-9-11-20(12-10-15)24(3,22)23/h4-8,15-16H,9-13H2,1-3H3,(H,18,21)/t16-/m1/s1. The number of carbonyl (C=O) groups excluding carboxylic acids is 1. The number of rotatable bonds is 6. The zero-order chi connectivity index (χ0) is 17.7. The lowest BCUT2D eigenvalue weighted by atomic mass is 9.97. The minimum atomic E-state index is -3.15. The van der Waals surface area contributed by atoms with E-state index in [0.717, 1.165) is 5.56 Å². The lowest BCUT2D eigenvalue weighted by Crippen LogP contribution is -2.44. The van der Waals surface area contributed by atoms with Crippen molar-refractivity contribution >= 4 is 15.9 Å². The molecule has 1 aliphatic rings. The van der Waals surface area contributed by atoms with Gasteiger partial charge in [0.05, 0.1) is 12.3 Å². The van der Waals surface area contributed by atoms with Gasteiger partial charge in [-0.15, -0.1) is 0 Å². The van der Waals surface area contributed by atoms with Gasteiger partial charge in [-0.1, -0.05) is 30.3 Å². The molecule has 0 saturated carbocycles. The number of amides is 1. The molecule has 0 spiro atoms. The van der Waals surface area contributed by atoms with Crippen molar-refractivity contribution in [1.29, 1.82) is 0 Å². The Morgan fingerprint density at radius 1 is 1.25 bits per heavy atom. The number of nitrogens with one attached hydrogen (secondary N) is 1. The maximum atomic E-state index is 12.4. The van der Waals surface area contributed by atoms with E-state index < -0.39 is 10.0 Å². The zero-order valence-corrected chi connectivity index (χ0v) is 15.4. The van der Waals surface area contributed by atoms with Crippen LogP contribution in [0, 0.1) is 5.92 Å². The van der Waals surface area contributed by atoms with Gasteiger partial charge >= 0.3 is 0 Å². The summed E-state index contributed by atoms with van der Waals surface area (Å²) in [5.74, 6) is -0.0903. The molecular weight excluding hydrogens is 326 g/mol. The Hall–Kier alpha value is -1.44. The Morgan fingerprint density at radius 2 is 1.83 bits per heavy atom. The molecule has 7 heteroatoms. The topological polar surface area (TPSA) is 69.7 Å². The van der Waals surface area contributed by atoms with Gasteiger partial charge in [-0.3, -0.25) is 4.79 Å². The van der Waals surface area contributed by atoms with Crippen molar-refractivity contribution in [3.63, 3.8) is 0 Å². The maximum absolute atomic E-state index is 12.4. The van der Waals surface area contributed by atoms with E-state index >= 15 is 0 Å². The van der Waals surface area contributed by atoms with E-state index in [2.05, 4.69) is 22.3 Å². The van der Waals surface area contributed by atoms with Gasteiger partial charge in [-0.25, -0.2) is 12.7 Å². The molecule has 6 nitrogen and oxygen atoms in total. The van der Waals surface area contributed by atoms with Gasteiger partial charge in [-0.05, 0) is 32.5 Å². The zero-order valence-electron chi connectivity index (χ0n) is 14.6. The molecule has 1 amide bonds. The van der Waals surface area contributed by atoms with Gasteiger partial charge in [-0.2, -0.15) is 0 Å². The van der Waals surface area contributed by atoms with Crippen LogP contribution in [-0.2, 0) is 14.8 Å². The monoisotopic (exact) mass is 353 g/mol. The number of piperidine rings is 1. The highest BCUT2D eigenvalue weighted by Gasteiger charge is 2.29. The molecule has 1 heterocycles. The first-order chi connectivity index (χ1) is 11.3. The number of sulfonamides is 1. The molecule has 0 bridgehead atoms. The molecule has 1 aromatic carbocycles. The van der Waals surface area contributed by atoms with E-state index in [1.54, 1.807) is 0 Å². The Bertz CT molecular complexity index is 638. The van der Waals surface area contributed by atoms with Crippen LogP contribution in [0.25, 0.3) is 0 Å². The van der Waals surface area contributed by atoms with Gasteiger partial charge in [0.2, 0.25) is 15.9 Å². The summed E-state index contributed by atoms with van der Waals surface area (Å²) in [7, 11) is 0.836. The van der Waals surface area contributed by atoms with Crippen molar-refractivity contribution in [1.82, 2.24) is 14.5 Å². The summed E-state index contributed by atoms with van der Waals surface area (Å²) in [6.07, 6.45) is 2.38. The molecule has 24 heavy (non-hydrogen) atoms. The fraction of sp³-hybridized carbons (Fsp3) is 0.588. The predicted octanol–water partition coefficient (Wildman–Crippen LogP) is 1.08. The lowest BCUT2D eigenvalue weighted by Gasteiger charge is -2.30. The molecule has 0 radical (unpaired) electrons. The van der Waals surface area contributed by atoms with Gasteiger partial charge in [0.15, 0.2) is 0 Å². The molecule has 1 aromatic rings. The summed E-state index contributed by atoms with van der Waals surface area (Å²) in [6.45, 7) is 1.39. The van der Waals surface area contributed by atoms with Crippen molar-refractivity contribution in [3.8, 4) is 0 Å². The molecule has 1 N–H and O–H groups in total. The second-order valence-electron chi connectivity index (χ2n) is 6.57. The van der Waals surface area contributed by atoms with E-state index in [1.165, 1.54) is 10.6 Å². The normalized spacial score (nSPS) is 18.5. The molecule has 1 fully saturated rings. The number of hydrogen-bond acceptors (Lipinski definition) is 4. The summed E-state index contributed by atoms with van der Waals surface area (Å²) >= 11 is 0. The van der Waals surface area contributed by atoms with Crippen molar-refractivity contribution in [3.05, 3.63) is 35.9 Å². The van der Waals surface area contributed by atoms with Crippen molar-refractivity contribution in [2.24, 2.45) is 5.92 Å². The Balaban J connectivity index is 1.88. The van der Waals surface area contributed by atoms with Crippen LogP contribution in [0.3, 0.4) is 0 Å². The van der Waals surface area contributed by atoms with E-state index in [1.807, 2.05) is 32.3 Å². The fourth-order valence-electron chi connectivity index (χ4n) is 3.06. The Kier molecular flexibility index (Phi) is 6.37. The minimum Gasteiger partial charge on any atom is -0.354 e. The number of likely N-dealkylation sites (N-methyl/N-ethyl adjacent to an activating group) is 1. The summed E-state index contributed by atoms with van der Waals surface area (Å²) in [4.78, 5) is 14.5. The molecule has 0 aliphatic carbocycles. The van der Waals surface area contributed by atoms with Gasteiger partial charge < -0.3 is 10.2 Å². The molecule has 0 unspecified atom stereocenters. The van der Waals surface area contributed by atoms with Crippen LogP contribution < -0.4 is 5.32 Å². The average molecular weight is 353 g/mol. The van der Waals surface area contributed by atoms with Crippen LogP contribution in [0.15, 0.2) is 30.3 Å². The third-order valence-electron chi connectivity index (χ3n) is 4.57. The predicted molar refractivity (Wildman–Crippen MR) is 95.0 cm³/mol. The van der Waals surface area contributed by atoms with Crippen LogP contribution in [0.1, 0.15) is 24.4 Å². The van der Waals surface area contributed by atoms with Crippen LogP contribution >= 0.6 is 0 Å². The highest BCUT2D eigenvalue weighted by molar-refractivity contribution is 7.88. The molecular formula is C17H27N3O3S. The smallest absolute Gasteiger partial charge is 0.223 e. The third-order valence-corrected chi connectivity index (χ3v) is 5.87. The van der Waals surface area contributed by atoms with E-state index in [9.17, 15) is 13.2 Å². The summed E-state index contributed by atoms with van der Waals surface area (Å²) in [6, 6.07) is 10.2. The highest BCUT2D eigenvalue weighted by Crippen LogP contribution is 2.21. The third kappa shape index (κ3) is 5.03. The second-order valence-corrected chi connectivity index (χ2v) is 8.55. The van der Waals surface area contributed by atoms with Crippen molar-refractivity contribution < 1.29 is 13.2 Å². The van der Waals surface area contributed by atoms with E-state index in [-0.39, 0.29) is 17.9 Å². The molecule has 2 rings (SSSR count). The SMILES string of the molecule is CN(C)[C@H](CNC(=O)C1CCN(S(C)(=O)=O)CC1)c1ccccc1. The van der Waals surface area contributed by atoms with Crippen molar-refractivity contribution in [2.45, 2.75) is 18.9 Å². The number of benzene rings is 1. The van der Waals surface area contributed by atoms with Crippen molar-refractivity contribution in [2.75, 3.05) is 40.0 Å². The van der Waals surface area contributed by atoms with Crippen LogP contribution in [0.4, 0.5) is 0 Å². The van der Waals surface area contributed by atoms with Crippen LogP contribution in [0.5, 0.6) is 0 Å². The number of carbonyl (C=O) groups is 1. The van der Waals surface area contributed by atoms with Crippen LogP contribution in [-0.4, -0.2) is 63.5 Å². The fourth-order valence-corrected chi connectivity index (χ4v) is 3.94.